The van der Waals surface area contributed by atoms with Crippen LogP contribution < -0.4 is 10.1 Å². The Labute approximate surface area is 153 Å². The molecule has 8 heteroatoms. The first-order valence-electron chi connectivity index (χ1n) is 8.34. The fourth-order valence-corrected chi connectivity index (χ4v) is 2.83. The lowest BCUT2D eigenvalue weighted by atomic mass is 10.1. The minimum Gasteiger partial charge on any atom is -0.406 e. The Morgan fingerprint density at radius 1 is 1.15 bits per heavy atom. The van der Waals surface area contributed by atoms with Gasteiger partial charge in [-0.3, -0.25) is 9.59 Å². The third-order valence-electron chi connectivity index (χ3n) is 4.09. The molecule has 5 nitrogen and oxygen atoms in total. The van der Waals surface area contributed by atoms with E-state index in [4.69, 9.17) is 0 Å². The number of alkyl halides is 3. The van der Waals surface area contributed by atoms with Crippen LogP contribution in [-0.2, 0) is 11.3 Å². The molecule has 2 amide bonds. The number of amides is 2. The lowest BCUT2D eigenvalue weighted by Crippen LogP contribution is -2.23. The van der Waals surface area contributed by atoms with Gasteiger partial charge in [-0.2, -0.15) is 0 Å². The fourth-order valence-electron chi connectivity index (χ4n) is 2.83. The first-order valence-corrected chi connectivity index (χ1v) is 8.34. The van der Waals surface area contributed by atoms with Gasteiger partial charge in [0.15, 0.2) is 0 Å². The van der Waals surface area contributed by atoms with Crippen LogP contribution >= 0.6 is 0 Å². The monoisotopic (exact) mass is 378 g/mol. The van der Waals surface area contributed by atoms with Crippen molar-refractivity contribution in [1.29, 1.82) is 0 Å². The van der Waals surface area contributed by atoms with E-state index in [1.54, 1.807) is 29.2 Å². The number of halogens is 3. The number of likely N-dealkylation sites (tertiary alicyclic amines) is 1. The second kappa shape index (κ2) is 7.69. The molecule has 0 spiro atoms. The van der Waals surface area contributed by atoms with E-state index in [0.717, 1.165) is 30.7 Å². The smallest absolute Gasteiger partial charge is 0.406 e. The summed E-state index contributed by atoms with van der Waals surface area (Å²) < 4.78 is 40.7. The van der Waals surface area contributed by atoms with Crippen molar-refractivity contribution in [3.8, 4) is 5.75 Å². The summed E-state index contributed by atoms with van der Waals surface area (Å²) in [4.78, 5) is 25.7. The first-order chi connectivity index (χ1) is 12.8. The molecular formula is C19H17F3N2O3. The van der Waals surface area contributed by atoms with Crippen molar-refractivity contribution in [2.45, 2.75) is 25.7 Å². The van der Waals surface area contributed by atoms with Crippen molar-refractivity contribution in [1.82, 2.24) is 4.90 Å². The molecule has 0 unspecified atom stereocenters. The van der Waals surface area contributed by atoms with Crippen LogP contribution in [0.2, 0.25) is 0 Å². The third kappa shape index (κ3) is 5.22. The molecule has 0 saturated carbocycles. The zero-order valence-corrected chi connectivity index (χ0v) is 14.3. The third-order valence-corrected chi connectivity index (χ3v) is 4.09. The Balaban J connectivity index is 1.62. The SMILES string of the molecule is O=C(Nc1cccc(OC(F)(F)F)c1)c1ccc(CN2CCCC2=O)cc1. The highest BCUT2D eigenvalue weighted by molar-refractivity contribution is 6.04. The number of anilines is 1. The Morgan fingerprint density at radius 2 is 1.89 bits per heavy atom. The summed E-state index contributed by atoms with van der Waals surface area (Å²) >= 11 is 0. The maximum Gasteiger partial charge on any atom is 0.573 e. The molecule has 0 radical (unpaired) electrons. The van der Waals surface area contributed by atoms with Gasteiger partial charge in [-0.25, -0.2) is 0 Å². The normalized spacial score (nSPS) is 14.3. The molecule has 1 fully saturated rings. The van der Waals surface area contributed by atoms with E-state index in [2.05, 4.69) is 10.1 Å². The van der Waals surface area contributed by atoms with Crippen LogP contribution in [0.5, 0.6) is 5.75 Å². The molecule has 2 aromatic rings. The van der Waals surface area contributed by atoms with E-state index in [9.17, 15) is 22.8 Å². The van der Waals surface area contributed by atoms with E-state index in [-0.39, 0.29) is 11.6 Å². The summed E-state index contributed by atoms with van der Waals surface area (Å²) in [6.45, 7) is 1.23. The van der Waals surface area contributed by atoms with E-state index < -0.39 is 18.0 Å². The van der Waals surface area contributed by atoms with Crippen LogP contribution in [0.1, 0.15) is 28.8 Å². The van der Waals surface area contributed by atoms with Crippen molar-refractivity contribution >= 4 is 17.5 Å². The molecular weight excluding hydrogens is 361 g/mol. The van der Waals surface area contributed by atoms with Gasteiger partial charge in [-0.1, -0.05) is 18.2 Å². The summed E-state index contributed by atoms with van der Waals surface area (Å²) in [5.41, 5.74) is 1.45. The molecule has 1 saturated heterocycles. The highest BCUT2D eigenvalue weighted by atomic mass is 19.4. The van der Waals surface area contributed by atoms with Crippen LogP contribution in [0.3, 0.4) is 0 Å². The van der Waals surface area contributed by atoms with Crippen molar-refractivity contribution < 1.29 is 27.5 Å². The fraction of sp³-hybridized carbons (Fsp3) is 0.263. The van der Waals surface area contributed by atoms with E-state index in [1.807, 2.05) is 0 Å². The topological polar surface area (TPSA) is 58.6 Å². The average molecular weight is 378 g/mol. The van der Waals surface area contributed by atoms with Gasteiger partial charge in [-0.15, -0.1) is 13.2 Å². The maximum atomic E-state index is 12.3. The summed E-state index contributed by atoms with van der Waals surface area (Å²) in [5.74, 6) is -0.744. The molecule has 0 bridgehead atoms. The van der Waals surface area contributed by atoms with E-state index in [0.29, 0.717) is 18.5 Å². The van der Waals surface area contributed by atoms with Gasteiger partial charge in [0.2, 0.25) is 5.91 Å². The van der Waals surface area contributed by atoms with Crippen molar-refractivity contribution in [2.24, 2.45) is 0 Å². The van der Waals surface area contributed by atoms with Crippen molar-refractivity contribution in [2.75, 3.05) is 11.9 Å². The van der Waals surface area contributed by atoms with Gasteiger partial charge in [-0.05, 0) is 36.2 Å². The molecule has 1 N–H and O–H groups in total. The quantitative estimate of drug-likeness (QED) is 0.857. The van der Waals surface area contributed by atoms with Crippen LogP contribution in [0.4, 0.5) is 18.9 Å². The molecule has 0 aliphatic carbocycles. The van der Waals surface area contributed by atoms with Gasteiger partial charge in [0.1, 0.15) is 5.75 Å². The standard InChI is InChI=1S/C19H17F3N2O3/c20-19(21,22)27-16-4-1-3-15(11-16)23-18(26)14-8-6-13(7-9-14)12-24-10-2-5-17(24)25/h1,3-4,6-9,11H,2,5,10,12H2,(H,23,26). The molecule has 0 atom stereocenters. The molecule has 2 aromatic carbocycles. The van der Waals surface area contributed by atoms with Crippen LogP contribution in [-0.4, -0.2) is 29.6 Å². The highest BCUT2D eigenvalue weighted by Gasteiger charge is 2.31. The summed E-state index contributed by atoms with van der Waals surface area (Å²) in [6, 6.07) is 11.8. The molecule has 3 rings (SSSR count). The number of carbonyl (C=O) groups is 2. The minimum atomic E-state index is -4.80. The first kappa shape index (κ1) is 18.8. The van der Waals surface area contributed by atoms with Crippen molar-refractivity contribution in [3.05, 3.63) is 59.7 Å². The van der Waals surface area contributed by atoms with Crippen LogP contribution in [0, 0.1) is 0 Å². The highest BCUT2D eigenvalue weighted by Crippen LogP contribution is 2.25. The Hall–Kier alpha value is -3.03. The van der Waals surface area contributed by atoms with Gasteiger partial charge in [0.05, 0.1) is 0 Å². The van der Waals surface area contributed by atoms with Gasteiger partial charge >= 0.3 is 6.36 Å². The number of benzene rings is 2. The Bertz CT molecular complexity index is 835. The summed E-state index contributed by atoms with van der Waals surface area (Å²) in [6.07, 6.45) is -3.37. The number of carbonyl (C=O) groups excluding carboxylic acids is 2. The number of rotatable bonds is 5. The van der Waals surface area contributed by atoms with Crippen molar-refractivity contribution in [3.63, 3.8) is 0 Å². The number of hydrogen-bond acceptors (Lipinski definition) is 3. The van der Waals surface area contributed by atoms with Crippen LogP contribution in [0.15, 0.2) is 48.5 Å². The van der Waals surface area contributed by atoms with E-state index in [1.165, 1.54) is 12.1 Å². The average Bonchev–Trinajstić information content (AvgIpc) is 2.99. The Kier molecular flexibility index (Phi) is 5.34. The second-order valence-corrected chi connectivity index (χ2v) is 6.15. The van der Waals surface area contributed by atoms with Gasteiger partial charge < -0.3 is 15.0 Å². The van der Waals surface area contributed by atoms with Crippen LogP contribution in [0.25, 0.3) is 0 Å². The minimum absolute atomic E-state index is 0.123. The zero-order chi connectivity index (χ0) is 19.4. The zero-order valence-electron chi connectivity index (χ0n) is 14.3. The molecule has 0 aromatic heterocycles. The van der Waals surface area contributed by atoms with Gasteiger partial charge in [0, 0.05) is 36.8 Å². The maximum absolute atomic E-state index is 12.3. The molecule has 142 valence electrons. The molecule has 27 heavy (non-hydrogen) atoms. The predicted octanol–water partition coefficient (Wildman–Crippen LogP) is 3.96. The molecule has 1 heterocycles. The number of ether oxygens (including phenoxy) is 1. The molecule has 1 aliphatic rings. The number of nitrogens with zero attached hydrogens (tertiary/aromatic N) is 1. The Morgan fingerprint density at radius 3 is 2.52 bits per heavy atom. The number of nitrogens with one attached hydrogen (secondary N) is 1. The summed E-state index contributed by atoms with van der Waals surface area (Å²) in [7, 11) is 0. The lowest BCUT2D eigenvalue weighted by Gasteiger charge is -2.15. The number of hydrogen-bond donors (Lipinski definition) is 1. The van der Waals surface area contributed by atoms with E-state index >= 15 is 0 Å². The largest absolute Gasteiger partial charge is 0.573 e. The van der Waals surface area contributed by atoms with Gasteiger partial charge in [0.25, 0.3) is 5.91 Å². The second-order valence-electron chi connectivity index (χ2n) is 6.15. The summed E-state index contributed by atoms with van der Waals surface area (Å²) in [5, 5.41) is 2.53. The lowest BCUT2D eigenvalue weighted by molar-refractivity contribution is -0.274. The predicted molar refractivity (Wildman–Crippen MR) is 92.2 cm³/mol. The molecule has 1 aliphatic heterocycles.